The maximum absolute atomic E-state index is 6.77. The fourth-order valence-electron chi connectivity index (χ4n) is 6.19. The molecule has 0 saturated heterocycles. The van der Waals surface area contributed by atoms with Gasteiger partial charge in [-0.15, -0.1) is 0 Å². The Bertz CT molecular complexity index is 539. The van der Waals surface area contributed by atoms with Crippen LogP contribution in [-0.4, -0.2) is 6.61 Å². The zero-order valence-electron chi connectivity index (χ0n) is 12.6. The lowest BCUT2D eigenvalue weighted by atomic mass is 9.50. The van der Waals surface area contributed by atoms with Crippen molar-refractivity contribution >= 4 is 0 Å². The van der Waals surface area contributed by atoms with Crippen LogP contribution in [0.15, 0.2) is 18.2 Å². The van der Waals surface area contributed by atoms with Gasteiger partial charge in [-0.2, -0.15) is 0 Å². The number of rotatable bonds is 2. The van der Waals surface area contributed by atoms with Gasteiger partial charge in [-0.1, -0.05) is 12.1 Å². The number of fused-ring (bicyclic) bond motifs is 1. The van der Waals surface area contributed by atoms with Crippen LogP contribution in [0.25, 0.3) is 0 Å². The molecule has 0 spiro atoms. The first-order valence-electron chi connectivity index (χ1n) is 8.79. The van der Waals surface area contributed by atoms with Gasteiger partial charge >= 0.3 is 0 Å². The standard InChI is InChI=1S/C19H25NO/c20-19(14-1-2-17-13(10-14)3-4-21-17)18-15-6-11-5-12(8-15)9-16(18)7-11/h1-2,10-12,15-16,18-19H,3-9,20H2. The fourth-order valence-corrected chi connectivity index (χ4v) is 6.19. The number of hydrogen-bond acceptors (Lipinski definition) is 2. The second kappa shape index (κ2) is 4.49. The molecule has 112 valence electrons. The van der Waals surface area contributed by atoms with Gasteiger partial charge in [-0.3, -0.25) is 0 Å². The Morgan fingerprint density at radius 1 is 1.00 bits per heavy atom. The molecule has 5 aliphatic rings. The molecule has 1 heterocycles. The lowest BCUT2D eigenvalue weighted by molar-refractivity contribution is -0.0471. The summed E-state index contributed by atoms with van der Waals surface area (Å²) >= 11 is 0. The van der Waals surface area contributed by atoms with E-state index in [-0.39, 0.29) is 6.04 Å². The van der Waals surface area contributed by atoms with Crippen LogP contribution >= 0.6 is 0 Å². The van der Waals surface area contributed by atoms with Gasteiger partial charge in [-0.05, 0) is 78.9 Å². The molecule has 4 aliphatic carbocycles. The zero-order valence-corrected chi connectivity index (χ0v) is 12.6. The molecule has 2 heteroatoms. The van der Waals surface area contributed by atoms with Crippen molar-refractivity contribution in [2.75, 3.05) is 6.61 Å². The fraction of sp³-hybridized carbons (Fsp3) is 0.684. The molecule has 21 heavy (non-hydrogen) atoms. The van der Waals surface area contributed by atoms with Crippen LogP contribution in [0.1, 0.15) is 49.3 Å². The van der Waals surface area contributed by atoms with Crippen molar-refractivity contribution in [3.8, 4) is 5.75 Å². The van der Waals surface area contributed by atoms with Crippen molar-refractivity contribution in [1.82, 2.24) is 0 Å². The van der Waals surface area contributed by atoms with Crippen LogP contribution < -0.4 is 10.5 Å². The van der Waals surface area contributed by atoms with Gasteiger partial charge in [0.05, 0.1) is 6.61 Å². The molecule has 2 N–H and O–H groups in total. The Morgan fingerprint density at radius 2 is 1.71 bits per heavy atom. The first kappa shape index (κ1) is 12.5. The maximum atomic E-state index is 6.77. The van der Waals surface area contributed by atoms with Crippen molar-refractivity contribution in [3.63, 3.8) is 0 Å². The minimum absolute atomic E-state index is 0.242. The van der Waals surface area contributed by atoms with Crippen molar-refractivity contribution in [2.24, 2.45) is 35.3 Å². The molecular weight excluding hydrogens is 258 g/mol. The van der Waals surface area contributed by atoms with Crippen molar-refractivity contribution in [1.29, 1.82) is 0 Å². The highest BCUT2D eigenvalue weighted by atomic mass is 16.5. The summed E-state index contributed by atoms with van der Waals surface area (Å²) in [5.41, 5.74) is 9.50. The largest absolute Gasteiger partial charge is 0.493 e. The molecule has 0 amide bonds. The van der Waals surface area contributed by atoms with Crippen molar-refractivity contribution < 1.29 is 4.74 Å². The van der Waals surface area contributed by atoms with Gasteiger partial charge in [0.15, 0.2) is 0 Å². The van der Waals surface area contributed by atoms with Gasteiger partial charge in [-0.25, -0.2) is 0 Å². The quantitative estimate of drug-likeness (QED) is 0.898. The molecule has 6 rings (SSSR count). The normalized spacial score (nSPS) is 40.9. The van der Waals surface area contributed by atoms with Gasteiger partial charge in [0.2, 0.25) is 0 Å². The van der Waals surface area contributed by atoms with E-state index in [0.29, 0.717) is 0 Å². The second-order valence-corrected chi connectivity index (χ2v) is 8.00. The molecular formula is C19H25NO. The van der Waals surface area contributed by atoms with Gasteiger partial charge in [0, 0.05) is 12.5 Å². The maximum Gasteiger partial charge on any atom is 0.122 e. The smallest absolute Gasteiger partial charge is 0.122 e. The molecule has 4 fully saturated rings. The van der Waals surface area contributed by atoms with E-state index in [0.717, 1.165) is 48.4 Å². The average Bonchev–Trinajstić information content (AvgIpc) is 2.93. The van der Waals surface area contributed by atoms with E-state index in [1.54, 1.807) is 0 Å². The Kier molecular flexibility index (Phi) is 2.67. The summed E-state index contributed by atoms with van der Waals surface area (Å²) in [6.45, 7) is 0.839. The Balaban J connectivity index is 1.44. The molecule has 1 aromatic rings. The van der Waals surface area contributed by atoms with Crippen molar-refractivity contribution in [3.05, 3.63) is 29.3 Å². The summed E-state index contributed by atoms with van der Waals surface area (Å²) in [5, 5.41) is 0. The van der Waals surface area contributed by atoms with E-state index < -0.39 is 0 Å². The first-order valence-corrected chi connectivity index (χ1v) is 8.79. The molecule has 4 saturated carbocycles. The summed E-state index contributed by atoms with van der Waals surface area (Å²) in [5.74, 6) is 5.68. The third-order valence-electron chi connectivity index (χ3n) is 6.81. The Labute approximate surface area is 127 Å². The van der Waals surface area contributed by atoms with E-state index in [2.05, 4.69) is 18.2 Å². The molecule has 1 unspecified atom stereocenters. The minimum atomic E-state index is 0.242. The molecule has 1 aromatic carbocycles. The highest BCUT2D eigenvalue weighted by Crippen LogP contribution is 2.59. The molecule has 1 aliphatic heterocycles. The molecule has 1 atom stereocenters. The Morgan fingerprint density at radius 3 is 2.43 bits per heavy atom. The van der Waals surface area contributed by atoms with E-state index in [4.69, 9.17) is 10.5 Å². The topological polar surface area (TPSA) is 35.2 Å². The predicted octanol–water partition coefficient (Wildman–Crippen LogP) is 3.69. The SMILES string of the molecule is NC(c1ccc2c(c1)CCO2)C1C2CC3CC(C2)CC1C3. The monoisotopic (exact) mass is 283 g/mol. The number of nitrogens with two attached hydrogens (primary N) is 1. The molecule has 0 radical (unpaired) electrons. The van der Waals surface area contributed by atoms with E-state index in [9.17, 15) is 0 Å². The molecule has 2 nitrogen and oxygen atoms in total. The van der Waals surface area contributed by atoms with Crippen LogP contribution in [0, 0.1) is 29.6 Å². The number of hydrogen-bond donors (Lipinski definition) is 1. The second-order valence-electron chi connectivity index (χ2n) is 8.00. The summed E-state index contributed by atoms with van der Waals surface area (Å²) in [4.78, 5) is 0. The summed E-state index contributed by atoms with van der Waals surface area (Å²) in [6, 6.07) is 6.94. The highest BCUT2D eigenvalue weighted by Gasteiger charge is 2.50. The van der Waals surface area contributed by atoms with Crippen molar-refractivity contribution in [2.45, 2.75) is 44.6 Å². The third-order valence-corrected chi connectivity index (χ3v) is 6.81. The van der Waals surface area contributed by atoms with E-state index in [1.807, 2.05) is 0 Å². The number of ether oxygens (including phenoxy) is 1. The summed E-state index contributed by atoms with van der Waals surface area (Å²) < 4.78 is 5.63. The molecule has 0 aromatic heterocycles. The third kappa shape index (κ3) is 1.88. The summed E-state index contributed by atoms with van der Waals surface area (Å²) in [7, 11) is 0. The van der Waals surface area contributed by atoms with E-state index in [1.165, 1.54) is 43.2 Å². The van der Waals surface area contributed by atoms with Crippen LogP contribution in [0.3, 0.4) is 0 Å². The van der Waals surface area contributed by atoms with E-state index >= 15 is 0 Å². The lowest BCUT2D eigenvalue weighted by Gasteiger charge is -2.56. The van der Waals surface area contributed by atoms with Crippen LogP contribution in [0.2, 0.25) is 0 Å². The van der Waals surface area contributed by atoms with Gasteiger partial charge in [0.1, 0.15) is 5.75 Å². The molecule has 4 bridgehead atoms. The summed E-state index contributed by atoms with van der Waals surface area (Å²) in [6.07, 6.45) is 8.40. The van der Waals surface area contributed by atoms with Crippen LogP contribution in [-0.2, 0) is 6.42 Å². The van der Waals surface area contributed by atoms with Crippen LogP contribution in [0.5, 0.6) is 5.75 Å². The van der Waals surface area contributed by atoms with Gasteiger partial charge < -0.3 is 10.5 Å². The zero-order chi connectivity index (χ0) is 14.0. The Hall–Kier alpha value is -1.02. The predicted molar refractivity (Wildman–Crippen MR) is 83.1 cm³/mol. The average molecular weight is 283 g/mol. The first-order chi connectivity index (χ1) is 10.3. The van der Waals surface area contributed by atoms with Crippen LogP contribution in [0.4, 0.5) is 0 Å². The lowest BCUT2D eigenvalue weighted by Crippen LogP contribution is -2.48. The van der Waals surface area contributed by atoms with Gasteiger partial charge in [0.25, 0.3) is 0 Å². The highest BCUT2D eigenvalue weighted by molar-refractivity contribution is 5.41. The number of benzene rings is 1. The minimum Gasteiger partial charge on any atom is -0.493 e.